The van der Waals surface area contributed by atoms with Gasteiger partial charge in [-0.1, -0.05) is 6.07 Å². The molecular formula is C16H13N5O4. The summed E-state index contributed by atoms with van der Waals surface area (Å²) in [5.41, 5.74) is 1.67. The molecular weight excluding hydrogens is 326 g/mol. The Morgan fingerprint density at radius 1 is 1.28 bits per heavy atom. The molecule has 0 radical (unpaired) electrons. The van der Waals surface area contributed by atoms with Crippen LogP contribution < -0.4 is 10.6 Å². The molecule has 0 aliphatic carbocycles. The Balaban J connectivity index is 1.38. The molecule has 0 saturated carbocycles. The van der Waals surface area contributed by atoms with E-state index < -0.39 is 6.03 Å². The summed E-state index contributed by atoms with van der Waals surface area (Å²) in [6.45, 7) is 0.309. The van der Waals surface area contributed by atoms with Crippen molar-refractivity contribution >= 4 is 17.7 Å². The van der Waals surface area contributed by atoms with Gasteiger partial charge in [0.1, 0.15) is 12.4 Å². The van der Waals surface area contributed by atoms with Crippen LogP contribution in [0.4, 0.5) is 10.5 Å². The molecule has 9 heteroatoms. The van der Waals surface area contributed by atoms with Gasteiger partial charge < -0.3 is 19.8 Å². The molecule has 3 heterocycles. The van der Waals surface area contributed by atoms with Gasteiger partial charge in [0.05, 0.1) is 18.4 Å². The van der Waals surface area contributed by atoms with Crippen LogP contribution in [-0.4, -0.2) is 27.2 Å². The van der Waals surface area contributed by atoms with E-state index in [2.05, 4.69) is 25.8 Å². The number of hydrogen-bond acceptors (Lipinski definition) is 6. The zero-order valence-corrected chi connectivity index (χ0v) is 12.9. The number of cyclic esters (lactones) is 1. The maximum atomic E-state index is 12.1. The summed E-state index contributed by atoms with van der Waals surface area (Å²) in [5, 5.41) is 12.1. The number of nitrogens with one attached hydrogen (secondary N) is 3. The number of H-pyrrole nitrogens is 1. The van der Waals surface area contributed by atoms with Crippen LogP contribution in [0.15, 0.2) is 41.0 Å². The van der Waals surface area contributed by atoms with Crippen LogP contribution in [0.3, 0.4) is 0 Å². The van der Waals surface area contributed by atoms with Crippen molar-refractivity contribution in [3.63, 3.8) is 0 Å². The number of anilines is 1. The second-order valence-corrected chi connectivity index (χ2v) is 5.30. The minimum absolute atomic E-state index is 0.152. The number of hydrogen-bond donors (Lipinski definition) is 3. The lowest BCUT2D eigenvalue weighted by atomic mass is 10.1. The first-order valence-electron chi connectivity index (χ1n) is 7.50. The van der Waals surface area contributed by atoms with Crippen molar-refractivity contribution in [2.24, 2.45) is 0 Å². The Morgan fingerprint density at radius 3 is 3.04 bits per heavy atom. The van der Waals surface area contributed by atoms with Crippen LogP contribution in [0, 0.1) is 0 Å². The molecule has 0 unspecified atom stereocenters. The minimum atomic E-state index is -0.427. The Morgan fingerprint density at radius 2 is 2.20 bits per heavy atom. The SMILES string of the molecule is O=C(NCc1nc(-c2ccco2)n[nH]1)Nc1cccc2c1COC2=O. The number of carbonyl (C=O) groups excluding carboxylic acids is 2. The maximum absolute atomic E-state index is 12.1. The predicted octanol–water partition coefficient (Wildman–Crippen LogP) is 2.06. The summed E-state index contributed by atoms with van der Waals surface area (Å²) in [5.74, 6) is 1.06. The van der Waals surface area contributed by atoms with E-state index in [1.807, 2.05) is 0 Å². The standard InChI is InChI=1S/C16H13N5O4/c22-15-9-3-1-4-11(10(9)8-25-15)18-16(23)17-7-13-19-14(21-20-13)12-5-2-6-24-12/h1-6H,7-8H2,(H2,17,18,23)(H,19,20,21). The van der Waals surface area contributed by atoms with Gasteiger partial charge in [0.15, 0.2) is 5.76 Å². The molecule has 9 nitrogen and oxygen atoms in total. The third-order valence-corrected chi connectivity index (χ3v) is 3.68. The van der Waals surface area contributed by atoms with E-state index in [-0.39, 0.29) is 19.1 Å². The number of urea groups is 1. The molecule has 3 N–H and O–H groups in total. The van der Waals surface area contributed by atoms with Crippen LogP contribution in [0.1, 0.15) is 21.7 Å². The number of aromatic amines is 1. The summed E-state index contributed by atoms with van der Waals surface area (Å²) in [6.07, 6.45) is 1.53. The summed E-state index contributed by atoms with van der Waals surface area (Å²) >= 11 is 0. The first-order valence-corrected chi connectivity index (χ1v) is 7.50. The molecule has 126 valence electrons. The average Bonchev–Trinajstić information content (AvgIpc) is 3.34. The van der Waals surface area contributed by atoms with Gasteiger partial charge in [-0.05, 0) is 24.3 Å². The van der Waals surface area contributed by atoms with Gasteiger partial charge in [0, 0.05) is 11.3 Å². The van der Waals surface area contributed by atoms with Crippen molar-refractivity contribution < 1.29 is 18.7 Å². The van der Waals surface area contributed by atoms with Gasteiger partial charge in [-0.3, -0.25) is 5.10 Å². The Labute approximate surface area is 141 Å². The fourth-order valence-corrected chi connectivity index (χ4v) is 2.49. The number of amides is 2. The van der Waals surface area contributed by atoms with Crippen molar-refractivity contribution in [1.29, 1.82) is 0 Å². The second kappa shape index (κ2) is 6.11. The predicted molar refractivity (Wildman–Crippen MR) is 85.5 cm³/mol. The van der Waals surface area contributed by atoms with Crippen molar-refractivity contribution in [2.45, 2.75) is 13.2 Å². The molecule has 2 amide bonds. The molecule has 0 fully saturated rings. The zero-order valence-electron chi connectivity index (χ0n) is 12.9. The highest BCUT2D eigenvalue weighted by Crippen LogP contribution is 2.27. The largest absolute Gasteiger partial charge is 0.461 e. The van der Waals surface area contributed by atoms with E-state index in [1.165, 1.54) is 6.26 Å². The number of fused-ring (bicyclic) bond motifs is 1. The number of esters is 1. The molecule has 0 bridgehead atoms. The molecule has 1 aromatic carbocycles. The molecule has 4 rings (SSSR count). The van der Waals surface area contributed by atoms with Crippen molar-refractivity contribution in [2.75, 3.05) is 5.32 Å². The van der Waals surface area contributed by atoms with E-state index >= 15 is 0 Å². The number of ether oxygens (including phenoxy) is 1. The zero-order chi connectivity index (χ0) is 17.2. The van der Waals surface area contributed by atoms with E-state index in [4.69, 9.17) is 9.15 Å². The Kier molecular flexibility index (Phi) is 3.65. The summed E-state index contributed by atoms with van der Waals surface area (Å²) in [7, 11) is 0. The van der Waals surface area contributed by atoms with Gasteiger partial charge in [-0.15, -0.1) is 5.10 Å². The topological polar surface area (TPSA) is 122 Å². The van der Waals surface area contributed by atoms with Gasteiger partial charge in [0.2, 0.25) is 5.82 Å². The summed E-state index contributed by atoms with van der Waals surface area (Å²) in [6, 6.07) is 8.12. The Hall–Kier alpha value is -3.62. The molecule has 0 spiro atoms. The number of nitrogens with zero attached hydrogens (tertiary/aromatic N) is 2. The maximum Gasteiger partial charge on any atom is 0.338 e. The third-order valence-electron chi connectivity index (χ3n) is 3.68. The molecule has 0 atom stereocenters. The summed E-state index contributed by atoms with van der Waals surface area (Å²) < 4.78 is 10.2. The second-order valence-electron chi connectivity index (χ2n) is 5.30. The van der Waals surface area contributed by atoms with Crippen LogP contribution in [0.5, 0.6) is 0 Å². The van der Waals surface area contributed by atoms with Crippen LogP contribution in [0.2, 0.25) is 0 Å². The van der Waals surface area contributed by atoms with E-state index in [0.29, 0.717) is 34.2 Å². The Bertz CT molecular complexity index is 932. The van der Waals surface area contributed by atoms with Gasteiger partial charge in [0.25, 0.3) is 0 Å². The fraction of sp³-hybridized carbons (Fsp3) is 0.125. The highest BCUT2D eigenvalue weighted by Gasteiger charge is 2.24. The monoisotopic (exact) mass is 339 g/mol. The van der Waals surface area contributed by atoms with Crippen LogP contribution in [0.25, 0.3) is 11.6 Å². The van der Waals surface area contributed by atoms with Crippen molar-refractivity contribution in [1.82, 2.24) is 20.5 Å². The average molecular weight is 339 g/mol. The number of aromatic nitrogens is 3. The molecule has 2 aromatic heterocycles. The number of furan rings is 1. The van der Waals surface area contributed by atoms with E-state index in [1.54, 1.807) is 30.3 Å². The number of rotatable bonds is 4. The van der Waals surface area contributed by atoms with Crippen LogP contribution in [-0.2, 0) is 17.9 Å². The first-order chi connectivity index (χ1) is 12.2. The van der Waals surface area contributed by atoms with Crippen LogP contribution >= 0.6 is 0 Å². The third kappa shape index (κ3) is 2.94. The number of benzene rings is 1. The smallest absolute Gasteiger partial charge is 0.338 e. The van der Waals surface area contributed by atoms with E-state index in [9.17, 15) is 9.59 Å². The summed E-state index contributed by atoms with van der Waals surface area (Å²) in [4.78, 5) is 27.8. The molecule has 0 saturated heterocycles. The van der Waals surface area contributed by atoms with Crippen molar-refractivity contribution in [3.05, 3.63) is 53.5 Å². The quantitative estimate of drug-likeness (QED) is 0.625. The fourth-order valence-electron chi connectivity index (χ4n) is 2.49. The number of carbonyl (C=O) groups is 2. The first kappa shape index (κ1) is 14.9. The minimum Gasteiger partial charge on any atom is -0.461 e. The molecule has 25 heavy (non-hydrogen) atoms. The lowest BCUT2D eigenvalue weighted by molar-refractivity contribution is 0.0535. The van der Waals surface area contributed by atoms with Gasteiger partial charge in [-0.2, -0.15) is 0 Å². The molecule has 1 aliphatic rings. The van der Waals surface area contributed by atoms with E-state index in [0.717, 1.165) is 0 Å². The van der Waals surface area contributed by atoms with Gasteiger partial charge >= 0.3 is 12.0 Å². The van der Waals surface area contributed by atoms with Crippen molar-refractivity contribution in [3.8, 4) is 11.6 Å². The lowest BCUT2D eigenvalue weighted by Crippen LogP contribution is -2.29. The highest BCUT2D eigenvalue weighted by atomic mass is 16.5. The molecule has 3 aromatic rings. The lowest BCUT2D eigenvalue weighted by Gasteiger charge is -2.09. The normalized spacial score (nSPS) is 12.6. The van der Waals surface area contributed by atoms with Gasteiger partial charge in [-0.25, -0.2) is 14.6 Å². The highest BCUT2D eigenvalue weighted by molar-refractivity contribution is 5.98. The molecule has 1 aliphatic heterocycles.